The largest absolute Gasteiger partial charge is 0.353 e. The number of rotatable bonds is 3. The number of anilines is 1. The summed E-state index contributed by atoms with van der Waals surface area (Å²) in [5.74, 6) is 0.323. The van der Waals surface area contributed by atoms with Gasteiger partial charge in [0.2, 0.25) is 11.0 Å². The lowest BCUT2D eigenvalue weighted by molar-refractivity contribution is -0.125. The highest BCUT2D eigenvalue weighted by Gasteiger charge is 2.32. The topological polar surface area (TPSA) is 58.1 Å². The highest BCUT2D eigenvalue weighted by Crippen LogP contribution is 2.32. The molecule has 1 N–H and O–H groups in total. The van der Waals surface area contributed by atoms with Crippen molar-refractivity contribution in [1.29, 1.82) is 0 Å². The second-order valence-electron chi connectivity index (χ2n) is 7.21. The number of hydrogen-bond donors (Lipinski definition) is 1. The third-order valence-corrected chi connectivity index (χ3v) is 5.45. The zero-order valence-electron chi connectivity index (χ0n) is 13.1. The van der Waals surface area contributed by atoms with Crippen LogP contribution in [0.3, 0.4) is 0 Å². The lowest BCUT2D eigenvalue weighted by Gasteiger charge is -2.31. The summed E-state index contributed by atoms with van der Waals surface area (Å²) < 4.78 is 0. The lowest BCUT2D eigenvalue weighted by Crippen LogP contribution is -2.43. The summed E-state index contributed by atoms with van der Waals surface area (Å²) in [6.45, 7) is 8.21. The Bertz CT molecular complexity index is 518. The summed E-state index contributed by atoms with van der Waals surface area (Å²) >= 11 is 1.66. The van der Waals surface area contributed by atoms with Crippen LogP contribution in [0.4, 0.5) is 5.13 Å². The summed E-state index contributed by atoms with van der Waals surface area (Å²) in [4.78, 5) is 14.4. The van der Waals surface area contributed by atoms with Crippen molar-refractivity contribution in [3.63, 3.8) is 0 Å². The first-order valence-electron chi connectivity index (χ1n) is 7.83. The van der Waals surface area contributed by atoms with Crippen molar-refractivity contribution in [2.45, 2.75) is 57.9 Å². The Hall–Kier alpha value is -1.17. The fourth-order valence-electron chi connectivity index (χ4n) is 2.56. The van der Waals surface area contributed by atoms with E-state index in [4.69, 9.17) is 0 Å². The fourth-order valence-corrected chi connectivity index (χ4v) is 3.50. The molecule has 3 rings (SSSR count). The molecule has 1 unspecified atom stereocenters. The Labute approximate surface area is 130 Å². The molecular weight excluding hydrogens is 284 g/mol. The lowest BCUT2D eigenvalue weighted by atomic mass is 9.97. The minimum atomic E-state index is 0.0362. The van der Waals surface area contributed by atoms with E-state index in [1.165, 1.54) is 0 Å². The molecule has 0 bridgehead atoms. The van der Waals surface area contributed by atoms with Gasteiger partial charge < -0.3 is 10.2 Å². The van der Waals surface area contributed by atoms with Crippen molar-refractivity contribution in [3.05, 3.63) is 5.01 Å². The number of piperidine rings is 1. The van der Waals surface area contributed by atoms with E-state index in [0.29, 0.717) is 6.04 Å². The molecule has 0 aromatic carbocycles. The molecule has 5 nitrogen and oxygen atoms in total. The Balaban J connectivity index is 1.65. The average molecular weight is 308 g/mol. The molecule has 1 aromatic rings. The van der Waals surface area contributed by atoms with Crippen molar-refractivity contribution in [3.8, 4) is 0 Å². The van der Waals surface area contributed by atoms with Crippen LogP contribution in [-0.4, -0.2) is 35.2 Å². The minimum absolute atomic E-state index is 0.0362. The van der Waals surface area contributed by atoms with Gasteiger partial charge in [0.1, 0.15) is 5.01 Å². The van der Waals surface area contributed by atoms with E-state index in [1.54, 1.807) is 11.3 Å². The zero-order valence-corrected chi connectivity index (χ0v) is 13.9. The van der Waals surface area contributed by atoms with E-state index >= 15 is 0 Å². The molecule has 1 saturated heterocycles. The predicted molar refractivity (Wildman–Crippen MR) is 84.7 cm³/mol. The third-order valence-electron chi connectivity index (χ3n) is 4.04. The smallest absolute Gasteiger partial charge is 0.225 e. The van der Waals surface area contributed by atoms with Gasteiger partial charge in [0.05, 0.1) is 5.92 Å². The molecule has 0 spiro atoms. The number of amides is 1. The highest BCUT2D eigenvalue weighted by molar-refractivity contribution is 7.15. The van der Waals surface area contributed by atoms with Gasteiger partial charge in [0.25, 0.3) is 0 Å². The van der Waals surface area contributed by atoms with Crippen molar-refractivity contribution in [2.75, 3.05) is 18.0 Å². The minimum Gasteiger partial charge on any atom is -0.353 e. The van der Waals surface area contributed by atoms with Crippen molar-refractivity contribution >= 4 is 22.4 Å². The van der Waals surface area contributed by atoms with Crippen LogP contribution in [0.2, 0.25) is 0 Å². The Morgan fingerprint density at radius 3 is 2.67 bits per heavy atom. The summed E-state index contributed by atoms with van der Waals surface area (Å²) in [6, 6.07) is 0.446. The van der Waals surface area contributed by atoms with Crippen molar-refractivity contribution < 1.29 is 4.79 Å². The normalized spacial score (nSPS) is 23.2. The van der Waals surface area contributed by atoms with Gasteiger partial charge in [-0.15, -0.1) is 10.2 Å². The van der Waals surface area contributed by atoms with Crippen LogP contribution in [-0.2, 0) is 10.2 Å². The molecule has 2 heterocycles. The van der Waals surface area contributed by atoms with Crippen LogP contribution in [0.25, 0.3) is 0 Å². The molecule has 1 atom stereocenters. The van der Waals surface area contributed by atoms with Crippen LogP contribution in [0.5, 0.6) is 0 Å². The maximum absolute atomic E-state index is 12.2. The van der Waals surface area contributed by atoms with E-state index < -0.39 is 0 Å². The molecular formula is C15H24N4OS. The standard InChI is InChI=1S/C15H24N4OS/c1-15(2,3)13-17-18-14(21-13)19-8-4-5-10(9-19)12(20)16-11-6-7-11/h10-11H,4-9H2,1-3H3,(H,16,20). The van der Waals surface area contributed by atoms with Gasteiger partial charge in [0.15, 0.2) is 0 Å². The summed E-state index contributed by atoms with van der Waals surface area (Å²) in [6.07, 6.45) is 4.33. The van der Waals surface area contributed by atoms with Gasteiger partial charge in [-0.05, 0) is 25.7 Å². The summed E-state index contributed by atoms with van der Waals surface area (Å²) in [5.41, 5.74) is 0.0362. The van der Waals surface area contributed by atoms with Gasteiger partial charge in [-0.25, -0.2) is 0 Å². The monoisotopic (exact) mass is 308 g/mol. The van der Waals surface area contributed by atoms with Gasteiger partial charge >= 0.3 is 0 Å². The molecule has 1 amide bonds. The number of carbonyl (C=O) groups is 1. The van der Waals surface area contributed by atoms with Crippen LogP contribution in [0.1, 0.15) is 51.5 Å². The molecule has 2 aliphatic rings. The average Bonchev–Trinajstić information content (AvgIpc) is 3.09. The molecule has 1 aliphatic heterocycles. The highest BCUT2D eigenvalue weighted by atomic mass is 32.1. The van der Waals surface area contributed by atoms with Crippen molar-refractivity contribution in [1.82, 2.24) is 15.5 Å². The number of nitrogens with one attached hydrogen (secondary N) is 1. The summed E-state index contributed by atoms with van der Waals surface area (Å²) in [5, 5.41) is 13.8. The fraction of sp³-hybridized carbons (Fsp3) is 0.800. The van der Waals surface area contributed by atoms with E-state index in [9.17, 15) is 4.79 Å². The van der Waals surface area contributed by atoms with E-state index in [0.717, 1.165) is 48.9 Å². The number of hydrogen-bond acceptors (Lipinski definition) is 5. The quantitative estimate of drug-likeness (QED) is 0.931. The first-order chi connectivity index (χ1) is 9.93. The number of nitrogens with zero attached hydrogens (tertiary/aromatic N) is 3. The van der Waals surface area contributed by atoms with Crippen LogP contribution < -0.4 is 10.2 Å². The molecule has 116 valence electrons. The van der Waals surface area contributed by atoms with Crippen molar-refractivity contribution in [2.24, 2.45) is 5.92 Å². The van der Waals surface area contributed by atoms with Gasteiger partial charge in [-0.1, -0.05) is 32.1 Å². The molecule has 6 heteroatoms. The predicted octanol–water partition coefficient (Wildman–Crippen LogP) is 2.33. The van der Waals surface area contributed by atoms with Crippen LogP contribution in [0, 0.1) is 5.92 Å². The van der Waals surface area contributed by atoms with Gasteiger partial charge in [0, 0.05) is 24.5 Å². The second kappa shape index (κ2) is 5.55. The molecule has 1 saturated carbocycles. The van der Waals surface area contributed by atoms with E-state index in [1.807, 2.05) is 0 Å². The maximum Gasteiger partial charge on any atom is 0.225 e. The van der Waals surface area contributed by atoms with Gasteiger partial charge in [-0.2, -0.15) is 0 Å². The number of aromatic nitrogens is 2. The van der Waals surface area contributed by atoms with Gasteiger partial charge in [-0.3, -0.25) is 4.79 Å². The van der Waals surface area contributed by atoms with Crippen LogP contribution >= 0.6 is 11.3 Å². The maximum atomic E-state index is 12.2. The third kappa shape index (κ3) is 3.54. The number of carbonyl (C=O) groups excluding carboxylic acids is 1. The Morgan fingerprint density at radius 2 is 2.05 bits per heavy atom. The molecule has 2 fully saturated rings. The Kier molecular flexibility index (Phi) is 3.90. The molecule has 1 aromatic heterocycles. The SMILES string of the molecule is CC(C)(C)c1nnc(N2CCCC(C(=O)NC3CC3)C2)s1. The molecule has 1 aliphatic carbocycles. The Morgan fingerprint density at radius 1 is 1.29 bits per heavy atom. The first-order valence-corrected chi connectivity index (χ1v) is 8.64. The summed E-state index contributed by atoms with van der Waals surface area (Å²) in [7, 11) is 0. The molecule has 21 heavy (non-hydrogen) atoms. The van der Waals surface area contributed by atoms with E-state index in [2.05, 4.69) is 41.2 Å². The van der Waals surface area contributed by atoms with E-state index in [-0.39, 0.29) is 17.2 Å². The first kappa shape index (κ1) is 14.8. The van der Waals surface area contributed by atoms with Crippen LogP contribution in [0.15, 0.2) is 0 Å². The molecule has 0 radical (unpaired) electrons. The zero-order chi connectivity index (χ0) is 15.0. The second-order valence-corrected chi connectivity index (χ2v) is 8.16.